The van der Waals surface area contributed by atoms with Crippen LogP contribution in [0.4, 0.5) is 0 Å². The Morgan fingerprint density at radius 1 is 1.07 bits per heavy atom. The molecule has 0 aromatic heterocycles. The molecule has 0 amide bonds. The quantitative estimate of drug-likeness (QED) is 0.651. The highest BCUT2D eigenvalue weighted by atomic mass is 16.5. The van der Waals surface area contributed by atoms with Gasteiger partial charge >= 0.3 is 0 Å². The van der Waals surface area contributed by atoms with Crippen LogP contribution >= 0.6 is 0 Å². The van der Waals surface area contributed by atoms with Gasteiger partial charge in [0.15, 0.2) is 0 Å². The van der Waals surface area contributed by atoms with Crippen LogP contribution in [0.1, 0.15) is 52.9 Å². The van der Waals surface area contributed by atoms with Crippen molar-refractivity contribution in [2.45, 2.75) is 52.9 Å². The third-order valence-electron chi connectivity index (χ3n) is 3.33. The smallest absolute Gasteiger partial charge is 0.0494 e. The first-order valence-electron chi connectivity index (χ1n) is 6.30. The Balaban J connectivity index is 2.11. The molecule has 0 heterocycles. The lowest BCUT2D eigenvalue weighted by Crippen LogP contribution is -2.19. The highest BCUT2D eigenvalue weighted by molar-refractivity contribution is 4.73. The molecule has 1 nitrogen and oxygen atoms in total. The van der Waals surface area contributed by atoms with Crippen LogP contribution in [0.3, 0.4) is 0 Å². The Labute approximate surface area is 89.2 Å². The van der Waals surface area contributed by atoms with Gasteiger partial charge in [-0.25, -0.2) is 0 Å². The number of rotatable bonds is 5. The second-order valence-electron chi connectivity index (χ2n) is 5.18. The van der Waals surface area contributed by atoms with Crippen molar-refractivity contribution in [3.63, 3.8) is 0 Å². The maximum Gasteiger partial charge on any atom is 0.0494 e. The summed E-state index contributed by atoms with van der Waals surface area (Å²) in [6.45, 7) is 8.65. The van der Waals surface area contributed by atoms with Crippen molar-refractivity contribution < 1.29 is 4.74 Å². The van der Waals surface area contributed by atoms with Crippen LogP contribution in [0.15, 0.2) is 0 Å². The van der Waals surface area contributed by atoms with Gasteiger partial charge in [-0.1, -0.05) is 26.7 Å². The van der Waals surface area contributed by atoms with E-state index in [0.717, 1.165) is 31.0 Å². The van der Waals surface area contributed by atoms with E-state index in [1.807, 2.05) is 0 Å². The van der Waals surface area contributed by atoms with E-state index in [0.29, 0.717) is 0 Å². The van der Waals surface area contributed by atoms with Gasteiger partial charge in [-0.05, 0) is 43.9 Å². The maximum absolute atomic E-state index is 5.49. The zero-order chi connectivity index (χ0) is 10.4. The summed E-state index contributed by atoms with van der Waals surface area (Å²) in [6.07, 6.45) is 7.11. The first-order chi connectivity index (χ1) is 6.72. The third kappa shape index (κ3) is 4.45. The normalized spacial score (nSPS) is 28.3. The minimum atomic E-state index is 0.860. The minimum Gasteiger partial charge on any atom is -0.381 e. The molecule has 0 saturated heterocycles. The van der Waals surface area contributed by atoms with Crippen LogP contribution in [0, 0.1) is 17.8 Å². The van der Waals surface area contributed by atoms with E-state index in [9.17, 15) is 0 Å². The highest BCUT2D eigenvalue weighted by Gasteiger charge is 2.21. The Morgan fingerprint density at radius 3 is 2.14 bits per heavy atom. The van der Waals surface area contributed by atoms with E-state index in [4.69, 9.17) is 4.74 Å². The van der Waals surface area contributed by atoms with Crippen LogP contribution in [-0.2, 0) is 4.74 Å². The van der Waals surface area contributed by atoms with E-state index < -0.39 is 0 Å². The fourth-order valence-electron chi connectivity index (χ4n) is 2.59. The van der Waals surface area contributed by atoms with Crippen molar-refractivity contribution >= 4 is 0 Å². The van der Waals surface area contributed by atoms with Crippen molar-refractivity contribution in [2.75, 3.05) is 13.2 Å². The third-order valence-corrected chi connectivity index (χ3v) is 3.33. The van der Waals surface area contributed by atoms with E-state index in [2.05, 4.69) is 20.8 Å². The first kappa shape index (κ1) is 12.0. The summed E-state index contributed by atoms with van der Waals surface area (Å²) in [5.41, 5.74) is 0. The van der Waals surface area contributed by atoms with Gasteiger partial charge in [-0.3, -0.25) is 0 Å². The van der Waals surface area contributed by atoms with Gasteiger partial charge in [0.1, 0.15) is 0 Å². The molecule has 1 aliphatic carbocycles. The molecular formula is C13H26O. The topological polar surface area (TPSA) is 9.23 Å². The molecule has 0 bridgehead atoms. The summed E-state index contributed by atoms with van der Waals surface area (Å²) in [6, 6.07) is 0. The Kier molecular flexibility index (Phi) is 5.54. The lowest BCUT2D eigenvalue weighted by atomic mass is 9.79. The zero-order valence-corrected chi connectivity index (χ0v) is 10.1. The van der Waals surface area contributed by atoms with Gasteiger partial charge in [0.2, 0.25) is 0 Å². The fourth-order valence-corrected chi connectivity index (χ4v) is 2.59. The summed E-state index contributed by atoms with van der Waals surface area (Å²) >= 11 is 0. The van der Waals surface area contributed by atoms with Crippen molar-refractivity contribution in [1.29, 1.82) is 0 Å². The molecule has 1 aliphatic rings. The molecule has 0 aliphatic heterocycles. The molecule has 0 unspecified atom stereocenters. The standard InChI is InChI=1S/C13H26O/c1-4-14-10-13-7-5-12(6-8-13)9-11(2)3/h11-13H,4-10H2,1-3H3. The van der Waals surface area contributed by atoms with Crippen LogP contribution in [0.2, 0.25) is 0 Å². The van der Waals surface area contributed by atoms with Crippen LogP contribution < -0.4 is 0 Å². The molecule has 0 atom stereocenters. The van der Waals surface area contributed by atoms with Crippen LogP contribution in [-0.4, -0.2) is 13.2 Å². The maximum atomic E-state index is 5.49. The van der Waals surface area contributed by atoms with Gasteiger partial charge in [-0.2, -0.15) is 0 Å². The van der Waals surface area contributed by atoms with Crippen molar-refractivity contribution in [3.05, 3.63) is 0 Å². The van der Waals surface area contributed by atoms with E-state index in [1.54, 1.807) is 0 Å². The summed E-state index contributed by atoms with van der Waals surface area (Å²) in [4.78, 5) is 0. The molecule has 1 fully saturated rings. The lowest BCUT2D eigenvalue weighted by molar-refractivity contribution is 0.0841. The van der Waals surface area contributed by atoms with E-state index >= 15 is 0 Å². The van der Waals surface area contributed by atoms with Crippen molar-refractivity contribution in [2.24, 2.45) is 17.8 Å². The van der Waals surface area contributed by atoms with Gasteiger partial charge in [0.05, 0.1) is 0 Å². The Bertz CT molecular complexity index is 134. The molecule has 0 spiro atoms. The monoisotopic (exact) mass is 198 g/mol. The molecule has 14 heavy (non-hydrogen) atoms. The van der Waals surface area contributed by atoms with Gasteiger partial charge in [0.25, 0.3) is 0 Å². The second-order valence-corrected chi connectivity index (χ2v) is 5.18. The molecule has 0 N–H and O–H groups in total. The summed E-state index contributed by atoms with van der Waals surface area (Å²) in [5, 5.41) is 0. The lowest BCUT2D eigenvalue weighted by Gasteiger charge is -2.29. The molecule has 1 heteroatoms. The number of hydrogen-bond donors (Lipinski definition) is 0. The van der Waals surface area contributed by atoms with Gasteiger partial charge < -0.3 is 4.74 Å². The minimum absolute atomic E-state index is 0.860. The average Bonchev–Trinajstić information content (AvgIpc) is 2.16. The second kappa shape index (κ2) is 6.44. The SMILES string of the molecule is CCOCC1CCC(CC(C)C)CC1. The Morgan fingerprint density at radius 2 is 1.64 bits per heavy atom. The zero-order valence-electron chi connectivity index (χ0n) is 10.1. The largest absolute Gasteiger partial charge is 0.381 e. The molecule has 0 aromatic carbocycles. The Hall–Kier alpha value is -0.0400. The number of hydrogen-bond acceptors (Lipinski definition) is 1. The van der Waals surface area contributed by atoms with E-state index in [-0.39, 0.29) is 0 Å². The highest BCUT2D eigenvalue weighted by Crippen LogP contribution is 2.32. The molecule has 1 saturated carbocycles. The van der Waals surface area contributed by atoms with E-state index in [1.165, 1.54) is 32.1 Å². The predicted molar refractivity (Wildman–Crippen MR) is 61.4 cm³/mol. The summed E-state index contributed by atoms with van der Waals surface area (Å²) in [7, 11) is 0. The predicted octanol–water partition coefficient (Wildman–Crippen LogP) is 3.88. The molecular weight excluding hydrogens is 172 g/mol. The van der Waals surface area contributed by atoms with Crippen molar-refractivity contribution in [1.82, 2.24) is 0 Å². The average molecular weight is 198 g/mol. The van der Waals surface area contributed by atoms with Crippen LogP contribution in [0.5, 0.6) is 0 Å². The first-order valence-corrected chi connectivity index (χ1v) is 6.30. The summed E-state index contributed by atoms with van der Waals surface area (Å²) in [5.74, 6) is 2.75. The molecule has 0 radical (unpaired) electrons. The fraction of sp³-hybridized carbons (Fsp3) is 1.00. The van der Waals surface area contributed by atoms with Crippen LogP contribution in [0.25, 0.3) is 0 Å². The van der Waals surface area contributed by atoms with Gasteiger partial charge in [0, 0.05) is 13.2 Å². The molecule has 84 valence electrons. The number of ether oxygens (including phenoxy) is 1. The van der Waals surface area contributed by atoms with Crippen molar-refractivity contribution in [3.8, 4) is 0 Å². The molecule has 0 aromatic rings. The summed E-state index contributed by atoms with van der Waals surface area (Å²) < 4.78 is 5.49. The molecule has 1 rings (SSSR count). The van der Waals surface area contributed by atoms with Gasteiger partial charge in [-0.15, -0.1) is 0 Å².